The third-order valence-corrected chi connectivity index (χ3v) is 3.48. The molecule has 1 heterocycles. The van der Waals surface area contributed by atoms with Gasteiger partial charge in [-0.25, -0.2) is 9.97 Å². The number of hydrogen-bond acceptors (Lipinski definition) is 4. The monoisotopic (exact) mass is 349 g/mol. The number of hydrogen-bond donors (Lipinski definition) is 1. The Morgan fingerprint density at radius 3 is 2.62 bits per heavy atom. The van der Waals surface area contributed by atoms with Crippen molar-refractivity contribution < 1.29 is 4.74 Å². The molecule has 0 unspecified atom stereocenters. The molecule has 5 heteroatoms. The second kappa shape index (κ2) is 8.10. The Morgan fingerprint density at radius 1 is 1.19 bits per heavy atom. The minimum Gasteiger partial charge on any atom is -0.378 e. The van der Waals surface area contributed by atoms with E-state index in [-0.39, 0.29) is 0 Å². The van der Waals surface area contributed by atoms with Crippen molar-refractivity contribution in [2.45, 2.75) is 26.4 Å². The molecule has 0 amide bonds. The van der Waals surface area contributed by atoms with Crippen molar-refractivity contribution in [2.75, 3.05) is 19.0 Å². The van der Waals surface area contributed by atoms with Crippen molar-refractivity contribution in [3.8, 4) is 0 Å². The summed E-state index contributed by atoms with van der Waals surface area (Å²) in [5.41, 5.74) is 2.09. The van der Waals surface area contributed by atoms with Crippen LogP contribution in [-0.2, 0) is 17.8 Å². The summed E-state index contributed by atoms with van der Waals surface area (Å²) in [4.78, 5) is 9.14. The van der Waals surface area contributed by atoms with E-state index >= 15 is 0 Å². The van der Waals surface area contributed by atoms with Gasteiger partial charge in [-0.05, 0) is 24.1 Å². The summed E-state index contributed by atoms with van der Waals surface area (Å²) in [6.45, 7) is 3.53. The first-order valence-corrected chi connectivity index (χ1v) is 7.84. The zero-order valence-corrected chi connectivity index (χ0v) is 14.0. The Kier molecular flexibility index (Phi) is 6.14. The third-order valence-electron chi connectivity index (χ3n) is 2.95. The summed E-state index contributed by atoms with van der Waals surface area (Å²) in [6.07, 6.45) is 1.78. The number of nitrogens with zero attached hydrogens (tertiary/aromatic N) is 2. The Labute approximate surface area is 134 Å². The first-order valence-electron chi connectivity index (χ1n) is 7.05. The van der Waals surface area contributed by atoms with E-state index in [1.807, 2.05) is 18.2 Å². The van der Waals surface area contributed by atoms with Crippen LogP contribution in [-0.4, -0.2) is 23.6 Å². The molecule has 0 atom stereocenters. The molecule has 0 saturated carbocycles. The van der Waals surface area contributed by atoms with Crippen LogP contribution in [0.1, 0.15) is 30.4 Å². The van der Waals surface area contributed by atoms with Crippen LogP contribution in [0.3, 0.4) is 0 Å². The van der Waals surface area contributed by atoms with Crippen LogP contribution < -0.4 is 5.32 Å². The van der Waals surface area contributed by atoms with Gasteiger partial charge < -0.3 is 10.1 Å². The molecule has 0 aliphatic carbocycles. The molecular formula is C16H20BrN3O. The van der Waals surface area contributed by atoms with E-state index in [0.29, 0.717) is 13.0 Å². The van der Waals surface area contributed by atoms with Crippen molar-refractivity contribution in [3.63, 3.8) is 0 Å². The van der Waals surface area contributed by atoms with Crippen LogP contribution in [0.2, 0.25) is 0 Å². The van der Waals surface area contributed by atoms with Crippen molar-refractivity contribution in [1.29, 1.82) is 0 Å². The molecular weight excluding hydrogens is 330 g/mol. The minimum atomic E-state index is 0.497. The zero-order chi connectivity index (χ0) is 15.1. The second-order valence-corrected chi connectivity index (χ2v) is 5.74. The number of rotatable bonds is 7. The highest BCUT2D eigenvalue weighted by Gasteiger charge is 2.06. The summed E-state index contributed by atoms with van der Waals surface area (Å²) >= 11 is 3.45. The summed E-state index contributed by atoms with van der Waals surface area (Å²) < 4.78 is 6.26. The van der Waals surface area contributed by atoms with Crippen LogP contribution in [0, 0.1) is 0 Å². The predicted octanol–water partition coefficient (Wildman–Crippen LogP) is 3.80. The van der Waals surface area contributed by atoms with E-state index in [2.05, 4.69) is 50.3 Å². The molecule has 4 nitrogen and oxygen atoms in total. The minimum absolute atomic E-state index is 0.497. The summed E-state index contributed by atoms with van der Waals surface area (Å²) in [5, 5.41) is 3.31. The average Bonchev–Trinajstić information content (AvgIpc) is 2.48. The maximum absolute atomic E-state index is 5.18. The van der Waals surface area contributed by atoms with Gasteiger partial charge in [0.15, 0.2) is 0 Å². The fourth-order valence-corrected chi connectivity index (χ4v) is 2.25. The number of methoxy groups -OCH3 is 1. The van der Waals surface area contributed by atoms with E-state index in [1.165, 1.54) is 5.56 Å². The Morgan fingerprint density at radius 2 is 1.95 bits per heavy atom. The zero-order valence-electron chi connectivity index (χ0n) is 12.4. The molecule has 0 radical (unpaired) electrons. The van der Waals surface area contributed by atoms with Gasteiger partial charge in [0.2, 0.25) is 0 Å². The van der Waals surface area contributed by atoms with Gasteiger partial charge in [0, 0.05) is 30.6 Å². The molecule has 0 aliphatic rings. The van der Waals surface area contributed by atoms with E-state index in [1.54, 1.807) is 7.11 Å². The highest BCUT2D eigenvalue weighted by atomic mass is 79.9. The quantitative estimate of drug-likeness (QED) is 0.825. The summed E-state index contributed by atoms with van der Waals surface area (Å²) in [6, 6.07) is 10.2. The lowest BCUT2D eigenvalue weighted by atomic mass is 10.1. The molecule has 0 aliphatic heterocycles. The van der Waals surface area contributed by atoms with Gasteiger partial charge in [-0.2, -0.15) is 0 Å². The van der Waals surface area contributed by atoms with Gasteiger partial charge in [0.1, 0.15) is 11.6 Å². The van der Waals surface area contributed by atoms with Gasteiger partial charge in [0.05, 0.1) is 12.3 Å². The lowest BCUT2D eigenvalue weighted by Gasteiger charge is -2.09. The molecule has 0 saturated heterocycles. The van der Waals surface area contributed by atoms with Crippen LogP contribution in [0.5, 0.6) is 0 Å². The Balaban J connectivity index is 2.19. The molecule has 2 rings (SSSR count). The van der Waals surface area contributed by atoms with E-state index in [0.717, 1.165) is 34.8 Å². The molecule has 1 aromatic heterocycles. The molecule has 1 aromatic carbocycles. The van der Waals surface area contributed by atoms with E-state index in [9.17, 15) is 0 Å². The van der Waals surface area contributed by atoms with Gasteiger partial charge in [-0.1, -0.05) is 35.0 Å². The predicted molar refractivity (Wildman–Crippen MR) is 88.5 cm³/mol. The molecule has 0 bridgehead atoms. The largest absolute Gasteiger partial charge is 0.378 e. The average molecular weight is 350 g/mol. The second-order valence-electron chi connectivity index (χ2n) is 4.82. The lowest BCUT2D eigenvalue weighted by molar-refractivity contribution is 0.181. The number of anilines is 1. The maximum Gasteiger partial charge on any atom is 0.135 e. The SMILES string of the molecule is CCCNc1cc(COC)nc(Cc2ccc(Br)cc2)n1. The van der Waals surface area contributed by atoms with Gasteiger partial charge in [-0.15, -0.1) is 0 Å². The first kappa shape index (κ1) is 15.9. The molecule has 1 N–H and O–H groups in total. The molecule has 2 aromatic rings. The van der Waals surface area contributed by atoms with Gasteiger partial charge >= 0.3 is 0 Å². The number of nitrogens with one attached hydrogen (secondary N) is 1. The van der Waals surface area contributed by atoms with Crippen LogP contribution in [0.15, 0.2) is 34.8 Å². The van der Waals surface area contributed by atoms with Gasteiger partial charge in [0.25, 0.3) is 0 Å². The van der Waals surface area contributed by atoms with Crippen LogP contribution >= 0.6 is 15.9 Å². The molecule has 112 valence electrons. The summed E-state index contributed by atoms with van der Waals surface area (Å²) in [7, 11) is 1.68. The molecule has 0 spiro atoms. The number of benzene rings is 1. The van der Waals surface area contributed by atoms with E-state index in [4.69, 9.17) is 4.74 Å². The highest BCUT2D eigenvalue weighted by Crippen LogP contribution is 2.15. The fourth-order valence-electron chi connectivity index (χ4n) is 1.98. The Hall–Kier alpha value is -1.46. The first-order chi connectivity index (χ1) is 10.2. The topological polar surface area (TPSA) is 47.0 Å². The third kappa shape index (κ3) is 5.10. The highest BCUT2D eigenvalue weighted by molar-refractivity contribution is 9.10. The van der Waals surface area contributed by atoms with E-state index < -0.39 is 0 Å². The molecule has 21 heavy (non-hydrogen) atoms. The van der Waals surface area contributed by atoms with Gasteiger partial charge in [-0.3, -0.25) is 0 Å². The Bertz CT molecular complexity index is 572. The number of aromatic nitrogens is 2. The summed E-state index contributed by atoms with van der Waals surface area (Å²) in [5.74, 6) is 1.68. The fraction of sp³-hybridized carbons (Fsp3) is 0.375. The maximum atomic E-state index is 5.18. The molecule has 0 fully saturated rings. The van der Waals surface area contributed by atoms with Crippen molar-refractivity contribution in [3.05, 3.63) is 51.9 Å². The number of ether oxygens (including phenoxy) is 1. The number of halogens is 1. The lowest BCUT2D eigenvalue weighted by Crippen LogP contribution is -2.08. The van der Waals surface area contributed by atoms with Crippen molar-refractivity contribution in [1.82, 2.24) is 9.97 Å². The smallest absolute Gasteiger partial charge is 0.135 e. The van der Waals surface area contributed by atoms with Crippen LogP contribution in [0.4, 0.5) is 5.82 Å². The normalized spacial score (nSPS) is 10.6. The van der Waals surface area contributed by atoms with Crippen LogP contribution in [0.25, 0.3) is 0 Å². The van der Waals surface area contributed by atoms with Crippen molar-refractivity contribution >= 4 is 21.7 Å². The van der Waals surface area contributed by atoms with Crippen molar-refractivity contribution in [2.24, 2.45) is 0 Å². The standard InChI is InChI=1S/C16H20BrN3O/c1-3-8-18-15-10-14(11-21-2)19-16(20-15)9-12-4-6-13(17)7-5-12/h4-7,10H,3,8-9,11H2,1-2H3,(H,18,19,20).